The van der Waals surface area contributed by atoms with E-state index in [0.717, 1.165) is 0 Å². The van der Waals surface area contributed by atoms with E-state index in [9.17, 15) is 4.79 Å². The van der Waals surface area contributed by atoms with Crippen LogP contribution < -0.4 is 4.74 Å². The van der Waals surface area contributed by atoms with E-state index < -0.39 is 0 Å². The van der Waals surface area contributed by atoms with Gasteiger partial charge in [0.05, 0.1) is 19.3 Å². The zero-order valence-corrected chi connectivity index (χ0v) is 9.72. The van der Waals surface area contributed by atoms with Gasteiger partial charge in [-0.2, -0.15) is 0 Å². The maximum Gasteiger partial charge on any atom is 0.338 e. The second-order valence-corrected chi connectivity index (χ2v) is 3.41. The maximum absolute atomic E-state index is 11.5. The average molecular weight is 229 g/mol. The minimum Gasteiger partial charge on any atom is -0.497 e. The highest BCUT2D eigenvalue weighted by Gasteiger charge is 2.14. The van der Waals surface area contributed by atoms with Crippen molar-refractivity contribution in [3.63, 3.8) is 0 Å². The van der Waals surface area contributed by atoms with E-state index in [1.54, 1.807) is 26.0 Å². The Labute approximate surface area is 93.9 Å². The standard InChI is InChI=1S/C11H13ClO3/c1-4-15-11(13)9-5-8(14-3)6-10(12)7(9)2/h5-6H,4H2,1-3H3. The van der Waals surface area contributed by atoms with Gasteiger partial charge in [0.2, 0.25) is 0 Å². The lowest BCUT2D eigenvalue weighted by atomic mass is 10.1. The quantitative estimate of drug-likeness (QED) is 0.747. The molecule has 0 aliphatic carbocycles. The topological polar surface area (TPSA) is 35.5 Å². The second kappa shape index (κ2) is 5.03. The van der Waals surface area contributed by atoms with E-state index in [1.807, 2.05) is 0 Å². The fourth-order valence-electron chi connectivity index (χ4n) is 1.19. The van der Waals surface area contributed by atoms with Crippen molar-refractivity contribution >= 4 is 17.6 Å². The number of hydrogen-bond acceptors (Lipinski definition) is 3. The number of carbonyl (C=O) groups is 1. The van der Waals surface area contributed by atoms with Crippen LogP contribution in [0.3, 0.4) is 0 Å². The van der Waals surface area contributed by atoms with E-state index in [1.165, 1.54) is 7.11 Å². The summed E-state index contributed by atoms with van der Waals surface area (Å²) in [4.78, 5) is 11.5. The van der Waals surface area contributed by atoms with E-state index in [2.05, 4.69) is 0 Å². The second-order valence-electron chi connectivity index (χ2n) is 3.00. The molecule has 3 nitrogen and oxygen atoms in total. The van der Waals surface area contributed by atoms with Gasteiger partial charge in [0.25, 0.3) is 0 Å². The van der Waals surface area contributed by atoms with E-state index >= 15 is 0 Å². The van der Waals surface area contributed by atoms with Gasteiger partial charge in [0, 0.05) is 5.02 Å². The highest BCUT2D eigenvalue weighted by molar-refractivity contribution is 6.32. The minimum atomic E-state index is -0.379. The smallest absolute Gasteiger partial charge is 0.338 e. The molecule has 82 valence electrons. The molecule has 0 bridgehead atoms. The molecule has 0 fully saturated rings. The van der Waals surface area contributed by atoms with Crippen LogP contribution in [0.5, 0.6) is 5.75 Å². The fraction of sp³-hybridized carbons (Fsp3) is 0.364. The van der Waals surface area contributed by atoms with Crippen molar-refractivity contribution in [1.82, 2.24) is 0 Å². The van der Waals surface area contributed by atoms with Gasteiger partial charge < -0.3 is 9.47 Å². The van der Waals surface area contributed by atoms with Crippen molar-refractivity contribution in [3.8, 4) is 5.75 Å². The Morgan fingerprint density at radius 2 is 2.13 bits per heavy atom. The molecule has 0 heterocycles. The van der Waals surface area contributed by atoms with Gasteiger partial charge in [-0.1, -0.05) is 11.6 Å². The van der Waals surface area contributed by atoms with Gasteiger partial charge in [-0.25, -0.2) is 4.79 Å². The maximum atomic E-state index is 11.5. The molecular formula is C11H13ClO3. The van der Waals surface area contributed by atoms with Crippen LogP contribution >= 0.6 is 11.6 Å². The van der Waals surface area contributed by atoms with Crippen LogP contribution in [0.15, 0.2) is 12.1 Å². The summed E-state index contributed by atoms with van der Waals surface area (Å²) in [5.41, 5.74) is 1.15. The molecule has 0 aromatic heterocycles. The monoisotopic (exact) mass is 228 g/mol. The Morgan fingerprint density at radius 3 is 2.67 bits per heavy atom. The lowest BCUT2D eigenvalue weighted by Crippen LogP contribution is -2.07. The van der Waals surface area contributed by atoms with Crippen LogP contribution in [-0.4, -0.2) is 19.7 Å². The highest BCUT2D eigenvalue weighted by atomic mass is 35.5. The summed E-state index contributed by atoms with van der Waals surface area (Å²) in [7, 11) is 1.52. The van der Waals surface area contributed by atoms with Crippen LogP contribution in [0.2, 0.25) is 5.02 Å². The number of carbonyl (C=O) groups excluding carboxylic acids is 1. The number of hydrogen-bond donors (Lipinski definition) is 0. The predicted molar refractivity (Wildman–Crippen MR) is 58.7 cm³/mol. The summed E-state index contributed by atoms with van der Waals surface area (Å²) in [5, 5.41) is 0.498. The van der Waals surface area contributed by atoms with Gasteiger partial charge in [-0.15, -0.1) is 0 Å². The summed E-state index contributed by atoms with van der Waals surface area (Å²) in [5.74, 6) is 0.171. The van der Waals surface area contributed by atoms with Gasteiger partial charge in [0.15, 0.2) is 0 Å². The first-order valence-electron chi connectivity index (χ1n) is 4.61. The molecule has 0 aliphatic heterocycles. The molecule has 1 rings (SSSR count). The Balaban J connectivity index is 3.15. The summed E-state index contributed by atoms with van der Waals surface area (Å²) in [6.45, 7) is 3.87. The molecule has 0 radical (unpaired) electrons. The number of rotatable bonds is 3. The lowest BCUT2D eigenvalue weighted by Gasteiger charge is -2.09. The number of halogens is 1. The Bertz CT molecular complexity index is 374. The van der Waals surface area contributed by atoms with Crippen molar-refractivity contribution < 1.29 is 14.3 Å². The highest BCUT2D eigenvalue weighted by Crippen LogP contribution is 2.26. The predicted octanol–water partition coefficient (Wildman–Crippen LogP) is 2.83. The van der Waals surface area contributed by atoms with Crippen molar-refractivity contribution in [3.05, 3.63) is 28.3 Å². The molecule has 0 unspecified atom stereocenters. The van der Waals surface area contributed by atoms with Crippen molar-refractivity contribution in [2.45, 2.75) is 13.8 Å². The lowest BCUT2D eigenvalue weighted by molar-refractivity contribution is 0.0525. The SMILES string of the molecule is CCOC(=O)c1cc(OC)cc(Cl)c1C. The van der Waals surface area contributed by atoms with Gasteiger partial charge in [-0.05, 0) is 31.5 Å². The molecule has 0 atom stereocenters. The Hall–Kier alpha value is -1.22. The first-order chi connectivity index (χ1) is 7.10. The summed E-state index contributed by atoms with van der Waals surface area (Å²) in [6, 6.07) is 3.29. The number of esters is 1. The summed E-state index contributed by atoms with van der Waals surface area (Å²) >= 11 is 5.95. The largest absolute Gasteiger partial charge is 0.497 e. The molecule has 0 saturated heterocycles. The molecule has 0 spiro atoms. The van der Waals surface area contributed by atoms with E-state index in [0.29, 0.717) is 28.5 Å². The van der Waals surface area contributed by atoms with Gasteiger partial charge in [0.1, 0.15) is 5.75 Å². The number of methoxy groups -OCH3 is 1. The molecule has 0 amide bonds. The number of benzene rings is 1. The normalized spacial score (nSPS) is 9.87. The summed E-state index contributed by atoms with van der Waals surface area (Å²) in [6.07, 6.45) is 0. The Morgan fingerprint density at radius 1 is 1.47 bits per heavy atom. The fourth-order valence-corrected chi connectivity index (χ4v) is 1.40. The van der Waals surface area contributed by atoms with Crippen LogP contribution in [0.1, 0.15) is 22.8 Å². The van der Waals surface area contributed by atoms with Crippen molar-refractivity contribution in [1.29, 1.82) is 0 Å². The molecule has 0 saturated carbocycles. The number of ether oxygens (including phenoxy) is 2. The van der Waals surface area contributed by atoms with Crippen LogP contribution in [0, 0.1) is 6.92 Å². The third-order valence-corrected chi connectivity index (χ3v) is 2.44. The first kappa shape index (κ1) is 11.9. The van der Waals surface area contributed by atoms with Crippen LogP contribution in [-0.2, 0) is 4.74 Å². The zero-order valence-electron chi connectivity index (χ0n) is 8.96. The molecule has 0 aliphatic rings. The molecule has 1 aromatic rings. The molecule has 0 N–H and O–H groups in total. The minimum absolute atomic E-state index is 0.340. The average Bonchev–Trinajstić information content (AvgIpc) is 2.22. The van der Waals surface area contributed by atoms with E-state index in [4.69, 9.17) is 21.1 Å². The first-order valence-corrected chi connectivity index (χ1v) is 4.99. The Kier molecular flexibility index (Phi) is 3.97. The van der Waals surface area contributed by atoms with Crippen LogP contribution in [0.4, 0.5) is 0 Å². The third-order valence-electron chi connectivity index (χ3n) is 2.05. The molecule has 1 aromatic carbocycles. The zero-order chi connectivity index (χ0) is 11.4. The van der Waals surface area contributed by atoms with Crippen molar-refractivity contribution in [2.24, 2.45) is 0 Å². The van der Waals surface area contributed by atoms with Crippen LogP contribution in [0.25, 0.3) is 0 Å². The molecular weight excluding hydrogens is 216 g/mol. The van der Waals surface area contributed by atoms with Crippen molar-refractivity contribution in [2.75, 3.05) is 13.7 Å². The van der Waals surface area contributed by atoms with Gasteiger partial charge in [-0.3, -0.25) is 0 Å². The summed E-state index contributed by atoms with van der Waals surface area (Å²) < 4.78 is 9.94. The third kappa shape index (κ3) is 2.63. The van der Waals surface area contributed by atoms with E-state index in [-0.39, 0.29) is 5.97 Å². The van der Waals surface area contributed by atoms with Gasteiger partial charge >= 0.3 is 5.97 Å². The molecule has 15 heavy (non-hydrogen) atoms. The molecule has 4 heteroatoms.